The molecule has 34 heavy (non-hydrogen) atoms. The number of thiazole rings is 1. The van der Waals surface area contributed by atoms with Gasteiger partial charge in [0.15, 0.2) is 0 Å². The Balaban J connectivity index is 2.56. The lowest BCUT2D eigenvalue weighted by atomic mass is 9.67. The van der Waals surface area contributed by atoms with Gasteiger partial charge in [-0.25, -0.2) is 4.98 Å². The Kier molecular flexibility index (Phi) is 13.1. The number of hydrogen-bond acceptors (Lipinski definition) is 4. The third kappa shape index (κ3) is 10.7. The van der Waals surface area contributed by atoms with Crippen LogP contribution >= 0.6 is 11.3 Å². The first-order valence-corrected chi connectivity index (χ1v) is 13.8. The molecule has 3 nitrogen and oxygen atoms in total. The van der Waals surface area contributed by atoms with Crippen molar-refractivity contribution < 1.29 is 9.53 Å². The Labute approximate surface area is 213 Å². The van der Waals surface area contributed by atoms with E-state index < -0.39 is 0 Å². The maximum absolute atomic E-state index is 11.6. The van der Waals surface area contributed by atoms with Crippen LogP contribution in [-0.4, -0.2) is 17.1 Å². The number of rotatable bonds is 15. The zero-order valence-corrected chi connectivity index (χ0v) is 24.1. The molecule has 0 aliphatic rings. The van der Waals surface area contributed by atoms with Crippen molar-refractivity contribution in [2.75, 3.05) is 0 Å². The van der Waals surface area contributed by atoms with Gasteiger partial charge in [-0.1, -0.05) is 65.2 Å². The Morgan fingerprint density at radius 1 is 1.21 bits per heavy atom. The van der Waals surface area contributed by atoms with Crippen molar-refractivity contribution in [1.82, 2.24) is 4.98 Å². The molecule has 0 radical (unpaired) electrons. The first-order valence-electron chi connectivity index (χ1n) is 12.9. The number of carbonyl (C=O) groups is 1. The summed E-state index contributed by atoms with van der Waals surface area (Å²) in [7, 11) is 0. The van der Waals surface area contributed by atoms with Gasteiger partial charge in [-0.2, -0.15) is 0 Å². The van der Waals surface area contributed by atoms with Crippen LogP contribution in [0.15, 0.2) is 35.3 Å². The minimum atomic E-state index is -0.244. The highest BCUT2D eigenvalue weighted by molar-refractivity contribution is 7.09. The van der Waals surface area contributed by atoms with Crippen LogP contribution in [0.5, 0.6) is 0 Å². The van der Waals surface area contributed by atoms with Gasteiger partial charge in [-0.15, -0.1) is 17.9 Å². The van der Waals surface area contributed by atoms with Gasteiger partial charge in [-0.3, -0.25) is 4.79 Å². The molecule has 0 unspecified atom stereocenters. The maximum atomic E-state index is 11.6. The highest BCUT2D eigenvalue weighted by Gasteiger charge is 2.31. The first kappa shape index (κ1) is 30.4. The highest BCUT2D eigenvalue weighted by atomic mass is 32.1. The molecule has 0 N–H and O–H groups in total. The molecular weight excluding hydrogens is 438 g/mol. The second kappa shape index (κ2) is 14.7. The van der Waals surface area contributed by atoms with E-state index in [9.17, 15) is 4.79 Å². The van der Waals surface area contributed by atoms with Crippen LogP contribution in [-0.2, 0) is 9.53 Å². The minimum absolute atomic E-state index is 0.240. The molecule has 1 aromatic rings. The summed E-state index contributed by atoms with van der Waals surface area (Å²) in [6.07, 6.45) is 12.7. The van der Waals surface area contributed by atoms with Crippen LogP contribution < -0.4 is 0 Å². The van der Waals surface area contributed by atoms with Crippen molar-refractivity contribution in [3.05, 3.63) is 46.0 Å². The van der Waals surface area contributed by atoms with Crippen molar-refractivity contribution in [3.8, 4) is 0 Å². The molecule has 0 saturated carbocycles. The molecular formula is C30H49NO2S. The molecule has 0 fully saturated rings. The smallest absolute Gasteiger partial charge is 0.303 e. The topological polar surface area (TPSA) is 39.2 Å². The Bertz CT molecular complexity index is 833. The van der Waals surface area contributed by atoms with E-state index in [1.165, 1.54) is 31.8 Å². The number of carbonyl (C=O) groups excluding carboxylic acids is 1. The predicted octanol–water partition coefficient (Wildman–Crippen LogP) is 9.19. The van der Waals surface area contributed by atoms with E-state index in [-0.39, 0.29) is 12.1 Å². The summed E-state index contributed by atoms with van der Waals surface area (Å²) < 4.78 is 5.61. The number of ether oxygens (including phenoxy) is 1. The van der Waals surface area contributed by atoms with E-state index in [1.807, 2.05) is 25.3 Å². The fourth-order valence-electron chi connectivity index (χ4n) is 4.61. The summed E-state index contributed by atoms with van der Waals surface area (Å²) >= 11 is 1.63. The number of aromatic nitrogens is 1. The fraction of sp³-hybridized carbons (Fsp3) is 0.667. The van der Waals surface area contributed by atoms with Gasteiger partial charge in [0.05, 0.1) is 10.7 Å². The number of aryl methyl sites for hydroxylation is 1. The van der Waals surface area contributed by atoms with Gasteiger partial charge in [0.1, 0.15) is 6.10 Å². The summed E-state index contributed by atoms with van der Waals surface area (Å²) in [6, 6.07) is 0. The number of hydrogen-bond donors (Lipinski definition) is 0. The summed E-state index contributed by atoms with van der Waals surface area (Å²) in [6.45, 7) is 23.6. The number of nitrogens with zero attached hydrogens (tertiary/aromatic N) is 1. The van der Waals surface area contributed by atoms with Crippen molar-refractivity contribution in [3.63, 3.8) is 0 Å². The summed E-state index contributed by atoms with van der Waals surface area (Å²) in [5.74, 6) is 1.85. The van der Waals surface area contributed by atoms with Crippen molar-refractivity contribution in [2.45, 2.75) is 107 Å². The van der Waals surface area contributed by atoms with E-state index >= 15 is 0 Å². The van der Waals surface area contributed by atoms with Gasteiger partial charge < -0.3 is 4.74 Å². The van der Waals surface area contributed by atoms with Crippen LogP contribution in [0, 0.1) is 30.1 Å². The average molecular weight is 488 g/mol. The van der Waals surface area contributed by atoms with Crippen LogP contribution in [0.3, 0.4) is 0 Å². The summed E-state index contributed by atoms with van der Waals surface area (Å²) in [5.41, 5.74) is 3.64. The molecule has 1 aromatic heterocycles. The van der Waals surface area contributed by atoms with Crippen molar-refractivity contribution in [2.24, 2.45) is 23.2 Å². The van der Waals surface area contributed by atoms with Crippen LogP contribution in [0.2, 0.25) is 0 Å². The van der Waals surface area contributed by atoms with E-state index in [0.717, 1.165) is 35.0 Å². The van der Waals surface area contributed by atoms with Crippen molar-refractivity contribution in [1.29, 1.82) is 0 Å². The molecule has 4 heteroatoms. The average Bonchev–Trinajstić information content (AvgIpc) is 3.16. The number of unbranched alkanes of at least 4 members (excludes halogenated alkanes) is 1. The Hall–Kier alpha value is -1.68. The SMILES string of the molecule is C=CCC(C)(C)[C@H](C)[C@H](C)[C@@H](C)CCCC/C(C)=C\C[C@H](OC(C)=O)/C(C)=C/c1csc(C)n1. The van der Waals surface area contributed by atoms with Gasteiger partial charge in [-0.05, 0) is 74.9 Å². The molecule has 4 atom stereocenters. The minimum Gasteiger partial charge on any atom is -0.458 e. The molecule has 0 aromatic carbocycles. The van der Waals surface area contributed by atoms with Crippen molar-refractivity contribution >= 4 is 23.4 Å². The van der Waals surface area contributed by atoms with Gasteiger partial charge in [0.25, 0.3) is 0 Å². The monoisotopic (exact) mass is 487 g/mol. The van der Waals surface area contributed by atoms with Gasteiger partial charge >= 0.3 is 5.97 Å². The predicted molar refractivity (Wildman–Crippen MR) is 149 cm³/mol. The van der Waals surface area contributed by atoms with Gasteiger partial charge in [0, 0.05) is 18.7 Å². The summed E-state index contributed by atoms with van der Waals surface area (Å²) in [4.78, 5) is 16.1. The zero-order valence-electron chi connectivity index (χ0n) is 23.2. The molecule has 0 spiro atoms. The molecule has 0 amide bonds. The molecule has 0 aliphatic carbocycles. The van der Waals surface area contributed by atoms with Gasteiger partial charge in [0.2, 0.25) is 0 Å². The number of allylic oxidation sites excluding steroid dienone is 2. The third-order valence-corrected chi connectivity index (χ3v) is 8.37. The molecule has 0 aliphatic heterocycles. The van der Waals surface area contributed by atoms with E-state index in [0.29, 0.717) is 23.7 Å². The normalized spacial score (nSPS) is 16.6. The standard InChI is InChI=1S/C30H49NO2S/c1-11-18-30(9,10)25(6)24(5)22(3)15-13-12-14-21(2)16-17-29(33-27(8)32)23(4)19-28-20-34-26(7)31-28/h11,16,19-20,22,24-25,29H,1,12-15,17-18H2,2-10H3/b21-16-,23-19+/t22-,24+,25+,29-/m0/s1. The molecule has 1 rings (SSSR count). The lowest BCUT2D eigenvalue weighted by Gasteiger charge is -2.38. The summed E-state index contributed by atoms with van der Waals surface area (Å²) in [5, 5.41) is 3.07. The molecule has 0 bridgehead atoms. The largest absolute Gasteiger partial charge is 0.458 e. The third-order valence-electron chi connectivity index (χ3n) is 7.58. The lowest BCUT2D eigenvalue weighted by molar-refractivity contribution is -0.144. The lowest BCUT2D eigenvalue weighted by Crippen LogP contribution is -2.30. The van der Waals surface area contributed by atoms with E-state index in [2.05, 4.69) is 65.3 Å². The first-order chi connectivity index (χ1) is 15.9. The highest BCUT2D eigenvalue weighted by Crippen LogP contribution is 2.39. The fourth-order valence-corrected chi connectivity index (χ4v) is 5.18. The second-order valence-corrected chi connectivity index (χ2v) is 12.0. The zero-order chi connectivity index (χ0) is 25.9. The van der Waals surface area contributed by atoms with Crippen LogP contribution in [0.25, 0.3) is 6.08 Å². The van der Waals surface area contributed by atoms with E-state index in [1.54, 1.807) is 11.3 Å². The Morgan fingerprint density at radius 3 is 2.44 bits per heavy atom. The van der Waals surface area contributed by atoms with Crippen LogP contribution in [0.4, 0.5) is 0 Å². The molecule has 1 heterocycles. The second-order valence-electron chi connectivity index (χ2n) is 10.9. The maximum Gasteiger partial charge on any atom is 0.303 e. The molecule has 0 saturated heterocycles. The van der Waals surface area contributed by atoms with Crippen LogP contribution in [0.1, 0.15) is 105 Å². The number of esters is 1. The molecule has 192 valence electrons. The Morgan fingerprint density at radius 2 is 1.88 bits per heavy atom. The van der Waals surface area contributed by atoms with E-state index in [4.69, 9.17) is 4.74 Å². The quantitative estimate of drug-likeness (QED) is 0.141.